The largest absolute Gasteiger partial charge is 0.496 e. The van der Waals surface area contributed by atoms with Crippen LogP contribution in [-0.2, 0) is 16.0 Å². The molecule has 0 unspecified atom stereocenters. The third-order valence-electron chi connectivity index (χ3n) is 3.03. The minimum Gasteiger partial charge on any atom is -0.496 e. The molecular formula is C15H21NO4S. The number of rotatable bonds is 8. The van der Waals surface area contributed by atoms with E-state index in [9.17, 15) is 9.59 Å². The number of carbonyl (C=O) groups excluding carboxylic acids is 1. The summed E-state index contributed by atoms with van der Waals surface area (Å²) in [4.78, 5) is 23.2. The van der Waals surface area contributed by atoms with Crippen LogP contribution in [0.2, 0.25) is 0 Å². The van der Waals surface area contributed by atoms with Crippen LogP contribution in [0.4, 0.5) is 0 Å². The SMILES string of the molecule is COc1ccc(C)cc1CC(=O)N[C@@H](CCSC)C(=O)O. The van der Waals surface area contributed by atoms with Crippen LogP contribution >= 0.6 is 11.8 Å². The van der Waals surface area contributed by atoms with Gasteiger partial charge in [-0.25, -0.2) is 4.79 Å². The highest BCUT2D eigenvalue weighted by molar-refractivity contribution is 7.98. The Bertz CT molecular complexity index is 504. The average molecular weight is 311 g/mol. The standard InChI is InChI=1S/C15H21NO4S/c1-10-4-5-13(20-2)11(8-10)9-14(17)16-12(15(18)19)6-7-21-3/h4-5,8,12H,6-7,9H2,1-3H3,(H,16,17)(H,18,19)/t12-/m0/s1. The molecule has 1 amide bonds. The first kappa shape index (κ1) is 17.4. The van der Waals surface area contributed by atoms with Gasteiger partial charge in [0.05, 0.1) is 13.5 Å². The van der Waals surface area contributed by atoms with Crippen LogP contribution < -0.4 is 10.1 Å². The highest BCUT2D eigenvalue weighted by Gasteiger charge is 2.20. The third-order valence-corrected chi connectivity index (χ3v) is 3.67. The van der Waals surface area contributed by atoms with Crippen molar-refractivity contribution in [1.29, 1.82) is 0 Å². The van der Waals surface area contributed by atoms with Gasteiger partial charge in [-0.05, 0) is 31.4 Å². The molecule has 2 N–H and O–H groups in total. The Morgan fingerprint density at radius 3 is 2.71 bits per heavy atom. The number of benzene rings is 1. The first-order chi connectivity index (χ1) is 9.97. The Hall–Kier alpha value is -1.69. The molecule has 116 valence electrons. The summed E-state index contributed by atoms with van der Waals surface area (Å²) in [6, 6.07) is 4.73. The molecular weight excluding hydrogens is 290 g/mol. The van der Waals surface area contributed by atoms with Crippen LogP contribution in [0.1, 0.15) is 17.5 Å². The number of aryl methyl sites for hydroxylation is 1. The van der Waals surface area contributed by atoms with Crippen LogP contribution in [0, 0.1) is 6.92 Å². The van der Waals surface area contributed by atoms with E-state index < -0.39 is 12.0 Å². The lowest BCUT2D eigenvalue weighted by Gasteiger charge is -2.15. The van der Waals surface area contributed by atoms with Crippen molar-refractivity contribution in [1.82, 2.24) is 5.32 Å². The maximum atomic E-state index is 12.0. The van der Waals surface area contributed by atoms with E-state index in [-0.39, 0.29) is 12.3 Å². The molecule has 1 aromatic carbocycles. The van der Waals surface area contributed by atoms with Gasteiger partial charge in [-0.2, -0.15) is 11.8 Å². The van der Waals surface area contributed by atoms with Gasteiger partial charge < -0.3 is 15.2 Å². The van der Waals surface area contributed by atoms with Crippen molar-refractivity contribution < 1.29 is 19.4 Å². The van der Waals surface area contributed by atoms with Gasteiger partial charge in [0.15, 0.2) is 0 Å². The molecule has 0 aliphatic carbocycles. The number of carbonyl (C=O) groups is 2. The number of hydrogen-bond donors (Lipinski definition) is 2. The van der Waals surface area contributed by atoms with Crippen molar-refractivity contribution in [2.75, 3.05) is 19.1 Å². The van der Waals surface area contributed by atoms with Crippen LogP contribution in [-0.4, -0.2) is 42.1 Å². The highest BCUT2D eigenvalue weighted by atomic mass is 32.2. The maximum Gasteiger partial charge on any atom is 0.326 e. The molecule has 6 heteroatoms. The predicted molar refractivity (Wildman–Crippen MR) is 84.0 cm³/mol. The molecule has 5 nitrogen and oxygen atoms in total. The Labute approximate surface area is 129 Å². The molecule has 0 saturated carbocycles. The van der Waals surface area contributed by atoms with Crippen LogP contribution in [0.25, 0.3) is 0 Å². The Balaban J connectivity index is 2.71. The lowest BCUT2D eigenvalue weighted by atomic mass is 10.1. The molecule has 0 fully saturated rings. The molecule has 1 rings (SSSR count). The summed E-state index contributed by atoms with van der Waals surface area (Å²) in [7, 11) is 1.55. The second kappa shape index (κ2) is 8.56. The van der Waals surface area contributed by atoms with Crippen LogP contribution in [0.3, 0.4) is 0 Å². The number of hydrogen-bond acceptors (Lipinski definition) is 4. The lowest BCUT2D eigenvalue weighted by Crippen LogP contribution is -2.41. The fourth-order valence-electron chi connectivity index (χ4n) is 1.96. The van der Waals surface area contributed by atoms with Gasteiger partial charge in [0.2, 0.25) is 5.91 Å². The average Bonchev–Trinajstić information content (AvgIpc) is 2.43. The molecule has 1 atom stereocenters. The minimum atomic E-state index is -1.01. The zero-order valence-corrected chi connectivity index (χ0v) is 13.3. The summed E-state index contributed by atoms with van der Waals surface area (Å²) >= 11 is 1.55. The Kier molecular flexibility index (Phi) is 7.08. The zero-order valence-electron chi connectivity index (χ0n) is 12.5. The summed E-state index contributed by atoms with van der Waals surface area (Å²) in [5.74, 6) is -0.00174. The molecule has 1 aromatic rings. The highest BCUT2D eigenvalue weighted by Crippen LogP contribution is 2.20. The molecule has 0 saturated heterocycles. The predicted octanol–water partition coefficient (Wildman–Crippen LogP) is 1.87. The van der Waals surface area contributed by atoms with E-state index in [1.54, 1.807) is 24.9 Å². The number of carboxylic acids is 1. The fourth-order valence-corrected chi connectivity index (χ4v) is 2.43. The summed E-state index contributed by atoms with van der Waals surface area (Å²) in [5.41, 5.74) is 1.78. The lowest BCUT2D eigenvalue weighted by molar-refractivity contribution is -0.141. The number of aliphatic carboxylic acids is 1. The summed E-state index contributed by atoms with van der Waals surface area (Å²) in [5, 5.41) is 11.7. The van der Waals surface area contributed by atoms with Gasteiger partial charge in [-0.15, -0.1) is 0 Å². The van der Waals surface area contributed by atoms with Crippen molar-refractivity contribution in [2.45, 2.75) is 25.8 Å². The zero-order chi connectivity index (χ0) is 15.8. The van der Waals surface area contributed by atoms with E-state index in [0.717, 1.165) is 11.1 Å². The number of nitrogens with one attached hydrogen (secondary N) is 1. The first-order valence-corrected chi connectivity index (χ1v) is 8.02. The molecule has 0 heterocycles. The van der Waals surface area contributed by atoms with Gasteiger partial charge in [0.1, 0.15) is 11.8 Å². The van der Waals surface area contributed by atoms with E-state index in [2.05, 4.69) is 5.32 Å². The van der Waals surface area contributed by atoms with Crippen molar-refractivity contribution >= 4 is 23.6 Å². The second-order valence-electron chi connectivity index (χ2n) is 4.73. The number of amides is 1. The topological polar surface area (TPSA) is 75.6 Å². The molecule has 21 heavy (non-hydrogen) atoms. The smallest absolute Gasteiger partial charge is 0.326 e. The quantitative estimate of drug-likeness (QED) is 0.766. The summed E-state index contributed by atoms with van der Waals surface area (Å²) < 4.78 is 5.22. The van der Waals surface area contributed by atoms with E-state index in [1.807, 2.05) is 25.3 Å². The monoisotopic (exact) mass is 311 g/mol. The van der Waals surface area contributed by atoms with Crippen molar-refractivity contribution in [3.8, 4) is 5.75 Å². The number of methoxy groups -OCH3 is 1. The van der Waals surface area contributed by atoms with Gasteiger partial charge in [0, 0.05) is 5.56 Å². The van der Waals surface area contributed by atoms with Crippen LogP contribution in [0.15, 0.2) is 18.2 Å². The number of thioether (sulfide) groups is 1. The molecule has 0 aliphatic rings. The van der Waals surface area contributed by atoms with Gasteiger partial charge >= 0.3 is 5.97 Å². The van der Waals surface area contributed by atoms with Crippen LogP contribution in [0.5, 0.6) is 5.75 Å². The van der Waals surface area contributed by atoms with Gasteiger partial charge in [-0.1, -0.05) is 17.7 Å². The molecule has 0 spiro atoms. The van der Waals surface area contributed by atoms with Crippen molar-refractivity contribution in [2.24, 2.45) is 0 Å². The minimum absolute atomic E-state index is 0.105. The normalized spacial score (nSPS) is 11.8. The molecule has 0 bridgehead atoms. The van der Waals surface area contributed by atoms with E-state index >= 15 is 0 Å². The number of ether oxygens (including phenoxy) is 1. The Morgan fingerprint density at radius 2 is 2.14 bits per heavy atom. The van der Waals surface area contributed by atoms with Crippen molar-refractivity contribution in [3.05, 3.63) is 29.3 Å². The Morgan fingerprint density at radius 1 is 1.43 bits per heavy atom. The molecule has 0 radical (unpaired) electrons. The number of carboxylic acid groups (broad SMARTS) is 1. The molecule has 0 aliphatic heterocycles. The fraction of sp³-hybridized carbons (Fsp3) is 0.467. The van der Waals surface area contributed by atoms with Gasteiger partial charge in [0.25, 0.3) is 0 Å². The van der Waals surface area contributed by atoms with E-state index in [0.29, 0.717) is 17.9 Å². The van der Waals surface area contributed by atoms with E-state index in [4.69, 9.17) is 9.84 Å². The first-order valence-electron chi connectivity index (χ1n) is 6.62. The summed E-state index contributed by atoms with van der Waals surface area (Å²) in [6.45, 7) is 1.93. The van der Waals surface area contributed by atoms with E-state index in [1.165, 1.54) is 0 Å². The third kappa shape index (κ3) is 5.67. The maximum absolute atomic E-state index is 12.0. The van der Waals surface area contributed by atoms with Gasteiger partial charge in [-0.3, -0.25) is 4.79 Å². The summed E-state index contributed by atoms with van der Waals surface area (Å²) in [6.07, 6.45) is 2.42. The van der Waals surface area contributed by atoms with Crippen molar-refractivity contribution in [3.63, 3.8) is 0 Å². The molecule has 0 aromatic heterocycles. The second-order valence-corrected chi connectivity index (χ2v) is 5.72.